The molecule has 0 saturated heterocycles. The lowest BCUT2D eigenvalue weighted by Crippen LogP contribution is -2.58. The third-order valence-electron chi connectivity index (χ3n) is 6.70. The van der Waals surface area contributed by atoms with Gasteiger partial charge in [0.2, 0.25) is 0 Å². The number of ether oxygens (including phenoxy) is 1. The van der Waals surface area contributed by atoms with Gasteiger partial charge < -0.3 is 9.84 Å². The predicted molar refractivity (Wildman–Crippen MR) is 95.8 cm³/mol. The van der Waals surface area contributed by atoms with Crippen LogP contribution >= 0.6 is 0 Å². The van der Waals surface area contributed by atoms with Crippen molar-refractivity contribution in [2.75, 3.05) is 0 Å². The second-order valence-corrected chi connectivity index (χ2v) is 8.68. The number of benzene rings is 2. The quantitative estimate of drug-likeness (QED) is 0.854. The van der Waals surface area contributed by atoms with Gasteiger partial charge in [0.25, 0.3) is 0 Å². The molecular formula is C22H24O3. The number of aliphatic hydroxyl groups is 1. The molecule has 0 radical (unpaired) electrons. The van der Waals surface area contributed by atoms with Crippen molar-refractivity contribution in [3.8, 4) is 0 Å². The van der Waals surface area contributed by atoms with Gasteiger partial charge in [-0.15, -0.1) is 0 Å². The van der Waals surface area contributed by atoms with Crippen LogP contribution in [0.1, 0.15) is 44.1 Å². The summed E-state index contributed by atoms with van der Waals surface area (Å²) in [6, 6.07) is 14.3. The van der Waals surface area contributed by atoms with Crippen LogP contribution < -0.4 is 0 Å². The first-order chi connectivity index (χ1) is 12.1. The van der Waals surface area contributed by atoms with Crippen LogP contribution in [0.3, 0.4) is 0 Å². The van der Waals surface area contributed by atoms with Crippen LogP contribution in [0.5, 0.6) is 0 Å². The Bertz CT molecular complexity index is 821. The maximum atomic E-state index is 13.0. The third kappa shape index (κ3) is 2.48. The van der Waals surface area contributed by atoms with E-state index in [0.29, 0.717) is 24.9 Å². The molecule has 2 aromatic carbocycles. The molecule has 0 spiro atoms. The molecule has 2 unspecified atom stereocenters. The molecule has 4 aliphatic carbocycles. The van der Waals surface area contributed by atoms with E-state index in [0.717, 1.165) is 36.6 Å². The Labute approximate surface area is 148 Å². The smallest absolute Gasteiger partial charge is 0.312 e. The minimum Gasteiger partial charge on any atom is -0.460 e. The standard InChI is InChI=1S/C22H24O3/c23-20(21-9-15-8-16(10-21)12-22(24,11-15)14-21)25-13-18-6-3-5-17-4-1-2-7-19(17)18/h1-7,15-16,24H,8-14H2. The SMILES string of the molecule is O=C(OCc1cccc2ccccc12)C12CC3CC(CC(O)(C3)C1)C2. The van der Waals surface area contributed by atoms with Crippen molar-refractivity contribution in [1.82, 2.24) is 0 Å². The van der Waals surface area contributed by atoms with E-state index in [1.165, 1.54) is 11.8 Å². The highest BCUT2D eigenvalue weighted by Crippen LogP contribution is 2.62. The largest absolute Gasteiger partial charge is 0.460 e. The number of carbonyl (C=O) groups excluding carboxylic acids is 1. The second-order valence-electron chi connectivity index (χ2n) is 8.68. The molecule has 4 bridgehead atoms. The molecular weight excluding hydrogens is 312 g/mol. The number of esters is 1. The van der Waals surface area contributed by atoms with E-state index < -0.39 is 11.0 Å². The number of fused-ring (bicyclic) bond motifs is 1. The molecule has 25 heavy (non-hydrogen) atoms. The van der Waals surface area contributed by atoms with Gasteiger partial charge in [-0.2, -0.15) is 0 Å². The fraction of sp³-hybridized carbons (Fsp3) is 0.500. The first-order valence-corrected chi connectivity index (χ1v) is 9.42. The number of hydrogen-bond acceptors (Lipinski definition) is 3. The monoisotopic (exact) mass is 336 g/mol. The van der Waals surface area contributed by atoms with E-state index in [1.54, 1.807) is 0 Å². The van der Waals surface area contributed by atoms with Crippen molar-refractivity contribution >= 4 is 16.7 Å². The molecule has 0 amide bonds. The summed E-state index contributed by atoms with van der Waals surface area (Å²) in [5, 5.41) is 13.1. The van der Waals surface area contributed by atoms with Crippen molar-refractivity contribution in [3.63, 3.8) is 0 Å². The molecule has 1 N–H and O–H groups in total. The zero-order chi connectivity index (χ0) is 17.1. The molecule has 0 aliphatic heterocycles. The minimum absolute atomic E-state index is 0.0899. The van der Waals surface area contributed by atoms with Gasteiger partial charge >= 0.3 is 5.97 Å². The molecule has 4 fully saturated rings. The summed E-state index contributed by atoms with van der Waals surface area (Å²) in [4.78, 5) is 13.0. The van der Waals surface area contributed by atoms with Gasteiger partial charge in [0.05, 0.1) is 11.0 Å². The van der Waals surface area contributed by atoms with Gasteiger partial charge in [-0.05, 0) is 66.7 Å². The van der Waals surface area contributed by atoms with E-state index in [4.69, 9.17) is 4.74 Å². The van der Waals surface area contributed by atoms with E-state index in [9.17, 15) is 9.90 Å². The van der Waals surface area contributed by atoms with Gasteiger partial charge in [0.15, 0.2) is 0 Å². The first-order valence-electron chi connectivity index (χ1n) is 9.42. The molecule has 3 heteroatoms. The summed E-state index contributed by atoms with van der Waals surface area (Å²) < 4.78 is 5.82. The highest BCUT2D eigenvalue weighted by Gasteiger charge is 2.60. The summed E-state index contributed by atoms with van der Waals surface area (Å²) in [5.74, 6) is 0.903. The van der Waals surface area contributed by atoms with Crippen LogP contribution in [0.15, 0.2) is 42.5 Å². The Morgan fingerprint density at radius 3 is 2.52 bits per heavy atom. The van der Waals surface area contributed by atoms with Crippen LogP contribution in [0.4, 0.5) is 0 Å². The molecule has 0 heterocycles. The molecule has 0 aromatic heterocycles. The lowest BCUT2D eigenvalue weighted by Gasteiger charge is -2.58. The highest BCUT2D eigenvalue weighted by molar-refractivity contribution is 5.86. The summed E-state index contributed by atoms with van der Waals surface area (Å²) in [6.45, 7) is 0.315. The number of rotatable bonds is 3. The summed E-state index contributed by atoms with van der Waals surface area (Å²) in [5.41, 5.74) is -0.0127. The minimum atomic E-state index is -0.622. The van der Waals surface area contributed by atoms with E-state index in [-0.39, 0.29) is 5.97 Å². The summed E-state index contributed by atoms with van der Waals surface area (Å²) in [6.07, 6.45) is 5.34. The van der Waals surface area contributed by atoms with Gasteiger partial charge in [-0.1, -0.05) is 42.5 Å². The van der Waals surface area contributed by atoms with Crippen LogP contribution in [0, 0.1) is 17.3 Å². The van der Waals surface area contributed by atoms with Gasteiger partial charge in [0, 0.05) is 0 Å². The molecule has 130 valence electrons. The lowest BCUT2D eigenvalue weighted by molar-refractivity contribution is -0.197. The van der Waals surface area contributed by atoms with Crippen LogP contribution in [-0.4, -0.2) is 16.7 Å². The lowest BCUT2D eigenvalue weighted by atomic mass is 9.48. The van der Waals surface area contributed by atoms with Crippen molar-refractivity contribution in [2.24, 2.45) is 17.3 Å². The molecule has 2 aromatic rings. The van der Waals surface area contributed by atoms with Crippen molar-refractivity contribution < 1.29 is 14.6 Å². The Morgan fingerprint density at radius 1 is 1.04 bits per heavy atom. The zero-order valence-corrected chi connectivity index (χ0v) is 14.4. The Hall–Kier alpha value is -1.87. The molecule has 4 saturated carbocycles. The van der Waals surface area contributed by atoms with Crippen LogP contribution in [-0.2, 0) is 16.1 Å². The fourth-order valence-electron chi connectivity index (χ4n) is 6.17. The molecule has 4 aliphatic rings. The predicted octanol–water partition coefficient (Wildman–Crippen LogP) is 4.21. The average molecular weight is 336 g/mol. The Morgan fingerprint density at radius 2 is 1.76 bits per heavy atom. The molecule has 6 rings (SSSR count). The molecule has 2 atom stereocenters. The number of hydrogen-bond donors (Lipinski definition) is 1. The maximum Gasteiger partial charge on any atom is 0.312 e. The Kier molecular flexibility index (Phi) is 3.27. The second kappa shape index (κ2) is 5.31. The van der Waals surface area contributed by atoms with Gasteiger partial charge in [0.1, 0.15) is 6.61 Å². The first kappa shape index (κ1) is 15.4. The third-order valence-corrected chi connectivity index (χ3v) is 6.70. The van der Waals surface area contributed by atoms with Crippen molar-refractivity contribution in [1.29, 1.82) is 0 Å². The van der Waals surface area contributed by atoms with E-state index >= 15 is 0 Å². The highest BCUT2D eigenvalue weighted by atomic mass is 16.5. The fourth-order valence-corrected chi connectivity index (χ4v) is 6.17. The van der Waals surface area contributed by atoms with Crippen LogP contribution in [0.2, 0.25) is 0 Å². The number of carbonyl (C=O) groups is 1. The summed E-state index contributed by atoms with van der Waals surface area (Å²) >= 11 is 0. The zero-order valence-electron chi connectivity index (χ0n) is 14.4. The normalized spacial score (nSPS) is 35.9. The van der Waals surface area contributed by atoms with Crippen molar-refractivity contribution in [3.05, 3.63) is 48.0 Å². The molecule has 3 nitrogen and oxygen atoms in total. The maximum absolute atomic E-state index is 13.0. The van der Waals surface area contributed by atoms with Gasteiger partial charge in [-0.25, -0.2) is 0 Å². The average Bonchev–Trinajstić information content (AvgIpc) is 2.57. The topological polar surface area (TPSA) is 46.5 Å². The van der Waals surface area contributed by atoms with Crippen LogP contribution in [0.25, 0.3) is 10.8 Å². The van der Waals surface area contributed by atoms with Gasteiger partial charge in [-0.3, -0.25) is 4.79 Å². The van der Waals surface area contributed by atoms with E-state index in [1.807, 2.05) is 24.3 Å². The Balaban J connectivity index is 1.37. The van der Waals surface area contributed by atoms with E-state index in [2.05, 4.69) is 18.2 Å². The van der Waals surface area contributed by atoms with Crippen molar-refractivity contribution in [2.45, 2.75) is 50.7 Å². The summed E-state index contributed by atoms with van der Waals surface area (Å²) in [7, 11) is 0.